The molecule has 0 spiro atoms. The fraction of sp³-hybridized carbons (Fsp3) is 0.474. The Bertz CT molecular complexity index is 822. The summed E-state index contributed by atoms with van der Waals surface area (Å²) in [6.45, 7) is 5.85. The number of amides is 1. The summed E-state index contributed by atoms with van der Waals surface area (Å²) < 4.78 is 14.7. The molecule has 5 nitrogen and oxygen atoms in total. The number of hydrogen-bond donors (Lipinski definition) is 0. The van der Waals surface area contributed by atoms with Crippen molar-refractivity contribution in [1.82, 2.24) is 14.4 Å². The summed E-state index contributed by atoms with van der Waals surface area (Å²) in [7, 11) is 1.70. The molecule has 2 aromatic rings. The van der Waals surface area contributed by atoms with Gasteiger partial charge < -0.3 is 14.4 Å². The maximum Gasteiger partial charge on any atom is 0.308 e. The van der Waals surface area contributed by atoms with Crippen molar-refractivity contribution in [2.75, 3.05) is 26.7 Å². The molecular formula is C19H24FN3O2S. The van der Waals surface area contributed by atoms with Crippen LogP contribution in [0.4, 0.5) is 4.39 Å². The molecule has 0 saturated carbocycles. The third kappa shape index (κ3) is 4.22. The number of thiazole rings is 1. The number of likely N-dealkylation sites (tertiary alicyclic amines) is 1. The predicted molar refractivity (Wildman–Crippen MR) is 101 cm³/mol. The number of benzene rings is 1. The fourth-order valence-electron chi connectivity index (χ4n) is 3.29. The van der Waals surface area contributed by atoms with E-state index in [0.29, 0.717) is 18.0 Å². The van der Waals surface area contributed by atoms with Gasteiger partial charge in [0.05, 0.1) is 0 Å². The summed E-state index contributed by atoms with van der Waals surface area (Å²) >= 11 is 1.01. The normalized spacial score (nSPS) is 14.7. The molecule has 1 aliphatic heterocycles. The van der Waals surface area contributed by atoms with Gasteiger partial charge in [0.25, 0.3) is 5.91 Å². The summed E-state index contributed by atoms with van der Waals surface area (Å²) in [5.74, 6) is -0.472. The fourth-order valence-corrected chi connectivity index (χ4v) is 4.30. The van der Waals surface area contributed by atoms with Crippen LogP contribution in [0.1, 0.15) is 33.8 Å². The zero-order valence-corrected chi connectivity index (χ0v) is 16.0. The van der Waals surface area contributed by atoms with Gasteiger partial charge >= 0.3 is 4.87 Å². The first-order chi connectivity index (χ1) is 12.5. The second-order valence-electron chi connectivity index (χ2n) is 6.77. The average Bonchev–Trinajstić information content (AvgIpc) is 3.23. The second-order valence-corrected chi connectivity index (χ2v) is 7.73. The minimum absolute atomic E-state index is 0.0831. The standard InChI is InChI=1S/C19H24FN3O2S/c1-14-17(18(24)21(2)13-15-5-7-16(20)8-6-15)26-19(25)23(14)12-11-22-9-3-4-10-22/h5-8H,3-4,9-13H2,1-2H3. The molecule has 7 heteroatoms. The molecule has 0 N–H and O–H groups in total. The molecule has 0 unspecified atom stereocenters. The van der Waals surface area contributed by atoms with Crippen molar-refractivity contribution < 1.29 is 9.18 Å². The molecule has 0 bridgehead atoms. The van der Waals surface area contributed by atoms with Gasteiger partial charge in [-0.2, -0.15) is 0 Å². The van der Waals surface area contributed by atoms with E-state index in [9.17, 15) is 14.0 Å². The van der Waals surface area contributed by atoms with E-state index in [1.165, 1.54) is 25.0 Å². The number of carbonyl (C=O) groups is 1. The topological polar surface area (TPSA) is 45.6 Å². The molecule has 140 valence electrons. The van der Waals surface area contributed by atoms with E-state index >= 15 is 0 Å². The van der Waals surface area contributed by atoms with E-state index in [0.717, 1.165) is 42.2 Å². The second kappa shape index (κ2) is 8.14. The number of nitrogens with zero attached hydrogens (tertiary/aromatic N) is 3. The van der Waals surface area contributed by atoms with Gasteiger partial charge in [-0.3, -0.25) is 9.59 Å². The molecule has 1 fully saturated rings. The minimum atomic E-state index is -0.299. The summed E-state index contributed by atoms with van der Waals surface area (Å²) in [6.07, 6.45) is 2.44. The van der Waals surface area contributed by atoms with E-state index in [-0.39, 0.29) is 16.6 Å². The Labute approximate surface area is 156 Å². The molecule has 0 radical (unpaired) electrons. The van der Waals surface area contributed by atoms with Crippen molar-refractivity contribution in [3.8, 4) is 0 Å². The predicted octanol–water partition coefficient (Wildman–Crippen LogP) is 2.73. The van der Waals surface area contributed by atoms with Crippen molar-refractivity contribution in [2.24, 2.45) is 0 Å². The minimum Gasteiger partial charge on any atom is -0.337 e. The van der Waals surface area contributed by atoms with Crippen LogP contribution in [0.5, 0.6) is 0 Å². The highest BCUT2D eigenvalue weighted by Gasteiger charge is 2.21. The zero-order valence-electron chi connectivity index (χ0n) is 15.2. The molecule has 1 saturated heterocycles. The van der Waals surface area contributed by atoms with Gasteiger partial charge in [-0.1, -0.05) is 23.5 Å². The lowest BCUT2D eigenvalue weighted by Gasteiger charge is -2.17. The van der Waals surface area contributed by atoms with Crippen molar-refractivity contribution in [3.05, 3.63) is 55.9 Å². The molecule has 3 rings (SSSR count). The smallest absolute Gasteiger partial charge is 0.308 e. The number of carbonyl (C=O) groups excluding carboxylic acids is 1. The van der Waals surface area contributed by atoms with E-state index < -0.39 is 0 Å². The number of aromatic nitrogens is 1. The highest BCUT2D eigenvalue weighted by atomic mass is 32.1. The number of rotatable bonds is 6. The van der Waals surface area contributed by atoms with Crippen molar-refractivity contribution >= 4 is 17.2 Å². The van der Waals surface area contributed by atoms with Gasteiger partial charge in [0.2, 0.25) is 0 Å². The first-order valence-corrected chi connectivity index (χ1v) is 9.70. The maximum absolute atomic E-state index is 13.0. The van der Waals surface area contributed by atoms with Crippen LogP contribution in [-0.2, 0) is 13.1 Å². The van der Waals surface area contributed by atoms with Crippen molar-refractivity contribution in [1.29, 1.82) is 0 Å². The molecule has 2 heterocycles. The molecule has 0 atom stereocenters. The Morgan fingerprint density at radius 2 is 1.85 bits per heavy atom. The Kier molecular flexibility index (Phi) is 5.88. The van der Waals surface area contributed by atoms with Crippen LogP contribution in [0.2, 0.25) is 0 Å². The van der Waals surface area contributed by atoms with Crippen LogP contribution >= 0.6 is 11.3 Å². The zero-order chi connectivity index (χ0) is 18.7. The number of hydrogen-bond acceptors (Lipinski definition) is 4. The van der Waals surface area contributed by atoms with E-state index in [1.807, 2.05) is 6.92 Å². The van der Waals surface area contributed by atoms with Crippen LogP contribution in [0, 0.1) is 12.7 Å². The van der Waals surface area contributed by atoms with Gasteiger partial charge in [-0.05, 0) is 50.6 Å². The summed E-state index contributed by atoms with van der Waals surface area (Å²) in [5.41, 5.74) is 1.58. The van der Waals surface area contributed by atoms with E-state index in [4.69, 9.17) is 0 Å². The lowest BCUT2D eigenvalue weighted by Crippen LogP contribution is -2.28. The quantitative estimate of drug-likeness (QED) is 0.778. The first kappa shape index (κ1) is 18.8. The van der Waals surface area contributed by atoms with Crippen LogP contribution in [0.3, 0.4) is 0 Å². The molecule has 26 heavy (non-hydrogen) atoms. The third-order valence-electron chi connectivity index (χ3n) is 4.86. The van der Waals surface area contributed by atoms with E-state index in [1.54, 1.807) is 28.6 Å². The monoisotopic (exact) mass is 377 g/mol. The lowest BCUT2D eigenvalue weighted by molar-refractivity contribution is 0.0788. The Hall–Kier alpha value is -1.99. The van der Waals surface area contributed by atoms with Gasteiger partial charge in [0, 0.05) is 32.4 Å². The van der Waals surface area contributed by atoms with Gasteiger partial charge in [-0.25, -0.2) is 4.39 Å². The van der Waals surface area contributed by atoms with E-state index in [2.05, 4.69) is 4.90 Å². The molecule has 0 aliphatic carbocycles. The van der Waals surface area contributed by atoms with Gasteiger partial charge in [-0.15, -0.1) is 0 Å². The highest BCUT2D eigenvalue weighted by Crippen LogP contribution is 2.17. The lowest BCUT2D eigenvalue weighted by atomic mass is 10.2. The van der Waals surface area contributed by atoms with Crippen LogP contribution in [0.25, 0.3) is 0 Å². The third-order valence-corrected chi connectivity index (χ3v) is 5.92. The maximum atomic E-state index is 13.0. The largest absolute Gasteiger partial charge is 0.337 e. The van der Waals surface area contributed by atoms with Crippen LogP contribution in [-0.4, -0.2) is 47.0 Å². The molecule has 1 aromatic carbocycles. The van der Waals surface area contributed by atoms with Crippen LogP contribution < -0.4 is 4.87 Å². The molecule has 1 aliphatic rings. The SMILES string of the molecule is Cc1c(C(=O)N(C)Cc2ccc(F)cc2)sc(=O)n1CCN1CCCC1. The molecule has 1 aromatic heterocycles. The summed E-state index contributed by atoms with van der Waals surface area (Å²) in [5, 5.41) is 0. The first-order valence-electron chi connectivity index (χ1n) is 8.88. The Balaban J connectivity index is 1.69. The van der Waals surface area contributed by atoms with Crippen molar-refractivity contribution in [2.45, 2.75) is 32.9 Å². The summed E-state index contributed by atoms with van der Waals surface area (Å²) in [6, 6.07) is 6.09. The molecule has 1 amide bonds. The van der Waals surface area contributed by atoms with Crippen molar-refractivity contribution in [3.63, 3.8) is 0 Å². The summed E-state index contributed by atoms with van der Waals surface area (Å²) in [4.78, 5) is 29.4. The molecular weight excluding hydrogens is 353 g/mol. The van der Waals surface area contributed by atoms with Crippen LogP contribution in [0.15, 0.2) is 29.1 Å². The Morgan fingerprint density at radius 1 is 1.19 bits per heavy atom. The Morgan fingerprint density at radius 3 is 2.50 bits per heavy atom. The highest BCUT2D eigenvalue weighted by molar-refractivity contribution is 7.11. The number of halogens is 1. The van der Waals surface area contributed by atoms with Gasteiger partial charge in [0.1, 0.15) is 10.7 Å². The van der Waals surface area contributed by atoms with Gasteiger partial charge in [0.15, 0.2) is 0 Å². The average molecular weight is 377 g/mol.